The molecule has 0 unspecified atom stereocenters. The van der Waals surface area contributed by atoms with Crippen LogP contribution in [-0.2, 0) is 4.79 Å². The third-order valence-electron chi connectivity index (χ3n) is 2.86. The standard InChI is InChI=1S/C13H18O/c1-5-10(2)8-13(4)7-6-12(9-13)11(3)14/h5,9H,1-2,6-8H2,3-4H3/t13-/m0/s1. The second-order valence-corrected chi connectivity index (χ2v) is 4.42. The fourth-order valence-electron chi connectivity index (χ4n) is 1.99. The van der Waals surface area contributed by atoms with Crippen LogP contribution in [0.2, 0.25) is 0 Å². The Morgan fingerprint density at radius 3 is 2.79 bits per heavy atom. The van der Waals surface area contributed by atoms with Gasteiger partial charge in [0, 0.05) is 0 Å². The van der Waals surface area contributed by atoms with Crippen molar-refractivity contribution < 1.29 is 4.79 Å². The Morgan fingerprint density at radius 1 is 1.71 bits per heavy atom. The van der Waals surface area contributed by atoms with Crippen LogP contribution in [0.25, 0.3) is 0 Å². The molecule has 0 aromatic carbocycles. The minimum absolute atomic E-state index is 0.117. The van der Waals surface area contributed by atoms with Crippen molar-refractivity contribution in [3.8, 4) is 0 Å². The Morgan fingerprint density at radius 2 is 2.36 bits per heavy atom. The van der Waals surface area contributed by atoms with Gasteiger partial charge in [-0.15, -0.1) is 0 Å². The molecule has 1 heteroatoms. The summed E-state index contributed by atoms with van der Waals surface area (Å²) in [6, 6.07) is 0. The molecule has 0 aromatic rings. The number of Topliss-reactive ketones (excluding diaryl/α,β-unsaturated/α-hetero) is 1. The Bertz CT molecular complexity index is 309. The molecule has 0 spiro atoms. The summed E-state index contributed by atoms with van der Waals surface area (Å²) < 4.78 is 0. The maximum atomic E-state index is 11.2. The third kappa shape index (κ3) is 2.44. The van der Waals surface area contributed by atoms with E-state index in [1.54, 1.807) is 13.0 Å². The lowest BCUT2D eigenvalue weighted by atomic mass is 9.83. The van der Waals surface area contributed by atoms with E-state index in [0.717, 1.165) is 30.4 Å². The molecule has 1 nitrogen and oxygen atoms in total. The lowest BCUT2D eigenvalue weighted by molar-refractivity contribution is -0.113. The molecule has 0 N–H and O–H groups in total. The molecule has 14 heavy (non-hydrogen) atoms. The summed E-state index contributed by atoms with van der Waals surface area (Å²) >= 11 is 0. The maximum absolute atomic E-state index is 11.2. The quantitative estimate of drug-likeness (QED) is 0.621. The molecule has 0 radical (unpaired) electrons. The number of carbonyl (C=O) groups is 1. The fourth-order valence-corrected chi connectivity index (χ4v) is 1.99. The van der Waals surface area contributed by atoms with Crippen LogP contribution >= 0.6 is 0 Å². The van der Waals surface area contributed by atoms with Crippen LogP contribution < -0.4 is 0 Å². The molecule has 0 heterocycles. The van der Waals surface area contributed by atoms with Gasteiger partial charge in [-0.25, -0.2) is 0 Å². The van der Waals surface area contributed by atoms with E-state index < -0.39 is 0 Å². The van der Waals surface area contributed by atoms with E-state index in [9.17, 15) is 4.79 Å². The zero-order valence-corrected chi connectivity index (χ0v) is 9.10. The zero-order chi connectivity index (χ0) is 10.8. The van der Waals surface area contributed by atoms with Crippen molar-refractivity contribution >= 4 is 5.78 Å². The van der Waals surface area contributed by atoms with Crippen LogP contribution in [0.4, 0.5) is 0 Å². The summed E-state index contributed by atoms with van der Waals surface area (Å²) in [5.74, 6) is 0.206. The minimum Gasteiger partial charge on any atom is -0.295 e. The van der Waals surface area contributed by atoms with Crippen LogP contribution in [0.5, 0.6) is 0 Å². The number of allylic oxidation sites excluding steroid dienone is 4. The summed E-state index contributed by atoms with van der Waals surface area (Å²) in [5, 5.41) is 0. The lowest BCUT2D eigenvalue weighted by Gasteiger charge is -2.21. The van der Waals surface area contributed by atoms with Gasteiger partial charge in [-0.05, 0) is 37.2 Å². The molecule has 0 bridgehead atoms. The molecule has 1 aliphatic rings. The van der Waals surface area contributed by atoms with Crippen molar-refractivity contribution in [1.29, 1.82) is 0 Å². The van der Waals surface area contributed by atoms with Gasteiger partial charge in [-0.3, -0.25) is 4.79 Å². The second-order valence-electron chi connectivity index (χ2n) is 4.42. The highest BCUT2D eigenvalue weighted by Crippen LogP contribution is 2.40. The Labute approximate surface area is 86.2 Å². The van der Waals surface area contributed by atoms with Crippen LogP contribution in [0.3, 0.4) is 0 Å². The largest absolute Gasteiger partial charge is 0.295 e. The fraction of sp³-hybridized carbons (Fsp3) is 0.462. The number of rotatable bonds is 4. The number of carbonyl (C=O) groups excluding carboxylic acids is 1. The van der Waals surface area contributed by atoms with Crippen molar-refractivity contribution in [1.82, 2.24) is 0 Å². The number of hydrogen-bond donors (Lipinski definition) is 0. The van der Waals surface area contributed by atoms with Crippen molar-refractivity contribution in [2.75, 3.05) is 0 Å². The van der Waals surface area contributed by atoms with Gasteiger partial charge in [0.2, 0.25) is 0 Å². The second kappa shape index (κ2) is 3.95. The van der Waals surface area contributed by atoms with Crippen molar-refractivity contribution in [2.24, 2.45) is 5.41 Å². The van der Waals surface area contributed by atoms with Gasteiger partial charge in [0.15, 0.2) is 5.78 Å². The summed E-state index contributed by atoms with van der Waals surface area (Å²) in [5.41, 5.74) is 2.14. The van der Waals surface area contributed by atoms with Crippen LogP contribution in [0.1, 0.15) is 33.1 Å². The average Bonchev–Trinajstić information content (AvgIpc) is 2.47. The van der Waals surface area contributed by atoms with Gasteiger partial charge in [-0.1, -0.05) is 37.8 Å². The summed E-state index contributed by atoms with van der Waals surface area (Å²) in [6.07, 6.45) is 6.78. The van der Waals surface area contributed by atoms with E-state index in [2.05, 4.69) is 26.2 Å². The smallest absolute Gasteiger partial charge is 0.155 e. The van der Waals surface area contributed by atoms with Crippen LogP contribution in [0.15, 0.2) is 36.5 Å². The normalized spacial score (nSPS) is 25.7. The first kappa shape index (κ1) is 11.0. The molecule has 0 fully saturated rings. The molecule has 0 aliphatic heterocycles. The van der Waals surface area contributed by atoms with Crippen LogP contribution in [0, 0.1) is 5.41 Å². The van der Waals surface area contributed by atoms with E-state index in [0.29, 0.717) is 0 Å². The molecule has 0 amide bonds. The Balaban J connectivity index is 2.74. The Hall–Kier alpha value is -1.11. The average molecular weight is 190 g/mol. The molecule has 1 rings (SSSR count). The molecule has 76 valence electrons. The maximum Gasteiger partial charge on any atom is 0.155 e. The highest BCUT2D eigenvalue weighted by atomic mass is 16.1. The topological polar surface area (TPSA) is 17.1 Å². The van der Waals surface area contributed by atoms with Crippen LogP contribution in [-0.4, -0.2) is 5.78 Å². The Kier molecular flexibility index (Phi) is 3.10. The van der Waals surface area contributed by atoms with Gasteiger partial charge in [0.1, 0.15) is 0 Å². The molecule has 0 saturated heterocycles. The van der Waals surface area contributed by atoms with E-state index in [1.807, 2.05) is 0 Å². The predicted octanol–water partition coefficient (Wildman–Crippen LogP) is 3.43. The highest BCUT2D eigenvalue weighted by molar-refractivity contribution is 5.93. The number of ketones is 1. The molecule has 0 saturated carbocycles. The lowest BCUT2D eigenvalue weighted by Crippen LogP contribution is -2.09. The van der Waals surface area contributed by atoms with Crippen molar-refractivity contribution in [2.45, 2.75) is 33.1 Å². The number of hydrogen-bond acceptors (Lipinski definition) is 1. The highest BCUT2D eigenvalue weighted by Gasteiger charge is 2.29. The van der Waals surface area contributed by atoms with E-state index in [1.165, 1.54) is 0 Å². The first-order valence-electron chi connectivity index (χ1n) is 5.00. The molecular weight excluding hydrogens is 172 g/mol. The van der Waals surface area contributed by atoms with Gasteiger partial charge in [-0.2, -0.15) is 0 Å². The van der Waals surface area contributed by atoms with Crippen molar-refractivity contribution in [3.05, 3.63) is 36.5 Å². The monoisotopic (exact) mass is 190 g/mol. The zero-order valence-electron chi connectivity index (χ0n) is 9.10. The van der Waals surface area contributed by atoms with Gasteiger partial charge >= 0.3 is 0 Å². The van der Waals surface area contributed by atoms with Gasteiger partial charge in [0.25, 0.3) is 0 Å². The predicted molar refractivity (Wildman–Crippen MR) is 60.1 cm³/mol. The van der Waals surface area contributed by atoms with E-state index >= 15 is 0 Å². The summed E-state index contributed by atoms with van der Waals surface area (Å²) in [4.78, 5) is 11.2. The SMILES string of the molecule is C=CC(=C)C[C@@]1(C)C=C(C(C)=O)CC1. The molecule has 1 aliphatic carbocycles. The van der Waals surface area contributed by atoms with Gasteiger partial charge in [0.05, 0.1) is 0 Å². The first-order chi connectivity index (χ1) is 6.47. The summed E-state index contributed by atoms with van der Waals surface area (Å²) in [7, 11) is 0. The van der Waals surface area contributed by atoms with E-state index in [4.69, 9.17) is 0 Å². The molecular formula is C13H18O. The molecule has 1 atom stereocenters. The minimum atomic E-state index is 0.117. The first-order valence-corrected chi connectivity index (χ1v) is 5.00. The van der Waals surface area contributed by atoms with Crippen molar-refractivity contribution in [3.63, 3.8) is 0 Å². The van der Waals surface area contributed by atoms with Gasteiger partial charge < -0.3 is 0 Å². The molecule has 0 aromatic heterocycles. The third-order valence-corrected chi connectivity index (χ3v) is 2.86. The summed E-state index contributed by atoms with van der Waals surface area (Å²) in [6.45, 7) is 11.4. The van der Waals surface area contributed by atoms with E-state index in [-0.39, 0.29) is 11.2 Å².